The van der Waals surface area contributed by atoms with Crippen molar-refractivity contribution in [3.05, 3.63) is 53.9 Å². The number of phenols is 1. The standard InChI is InChI=1S/C15H15NO4/c1-2-20-14(18)10-16-8-7-12(9-16)15(19)11-3-5-13(17)6-4-11/h3-9,17H,2,10H2,1H3. The number of carbonyl (C=O) groups is 2. The molecule has 5 nitrogen and oxygen atoms in total. The average molecular weight is 273 g/mol. The summed E-state index contributed by atoms with van der Waals surface area (Å²) in [7, 11) is 0. The van der Waals surface area contributed by atoms with E-state index in [1.807, 2.05) is 0 Å². The summed E-state index contributed by atoms with van der Waals surface area (Å²) in [5.41, 5.74) is 0.969. The topological polar surface area (TPSA) is 68.5 Å². The molecule has 1 aromatic heterocycles. The van der Waals surface area contributed by atoms with Crippen LogP contribution in [0.1, 0.15) is 22.8 Å². The van der Waals surface area contributed by atoms with Gasteiger partial charge in [0.25, 0.3) is 0 Å². The highest BCUT2D eigenvalue weighted by molar-refractivity contribution is 6.08. The van der Waals surface area contributed by atoms with Crippen LogP contribution in [0.5, 0.6) is 5.75 Å². The maximum atomic E-state index is 12.2. The molecule has 0 unspecified atom stereocenters. The van der Waals surface area contributed by atoms with Crippen molar-refractivity contribution in [1.82, 2.24) is 4.57 Å². The van der Waals surface area contributed by atoms with Gasteiger partial charge in [0.05, 0.1) is 6.61 Å². The highest BCUT2D eigenvalue weighted by atomic mass is 16.5. The first-order chi connectivity index (χ1) is 9.60. The Kier molecular flexibility index (Phi) is 4.20. The minimum Gasteiger partial charge on any atom is -0.508 e. The molecule has 2 aromatic rings. The minimum absolute atomic E-state index is 0.0801. The lowest BCUT2D eigenvalue weighted by Gasteiger charge is -2.02. The van der Waals surface area contributed by atoms with E-state index in [2.05, 4.69) is 0 Å². The molecule has 0 aliphatic heterocycles. The summed E-state index contributed by atoms with van der Waals surface area (Å²) in [6.45, 7) is 2.16. The average Bonchev–Trinajstić information content (AvgIpc) is 2.87. The molecule has 0 saturated heterocycles. The van der Waals surface area contributed by atoms with Crippen molar-refractivity contribution in [3.63, 3.8) is 0 Å². The van der Waals surface area contributed by atoms with E-state index in [1.165, 1.54) is 12.1 Å². The molecule has 1 N–H and O–H groups in total. The Balaban J connectivity index is 2.10. The molecule has 0 saturated carbocycles. The van der Waals surface area contributed by atoms with Crippen LogP contribution in [0.15, 0.2) is 42.7 Å². The van der Waals surface area contributed by atoms with Gasteiger partial charge >= 0.3 is 5.97 Å². The van der Waals surface area contributed by atoms with Crippen LogP contribution in [0.25, 0.3) is 0 Å². The predicted octanol–water partition coefficient (Wildman–Crippen LogP) is 1.99. The molecule has 0 amide bonds. The first-order valence-corrected chi connectivity index (χ1v) is 6.25. The monoisotopic (exact) mass is 273 g/mol. The third-order valence-corrected chi connectivity index (χ3v) is 2.76. The fraction of sp³-hybridized carbons (Fsp3) is 0.200. The van der Waals surface area contributed by atoms with E-state index in [-0.39, 0.29) is 24.0 Å². The number of hydrogen-bond donors (Lipinski definition) is 1. The lowest BCUT2D eigenvalue weighted by atomic mass is 10.1. The molecule has 0 aliphatic carbocycles. The molecule has 1 aromatic carbocycles. The van der Waals surface area contributed by atoms with Crippen molar-refractivity contribution < 1.29 is 19.4 Å². The van der Waals surface area contributed by atoms with E-state index < -0.39 is 0 Å². The molecule has 0 radical (unpaired) electrons. The molecule has 0 bridgehead atoms. The summed E-state index contributed by atoms with van der Waals surface area (Å²) >= 11 is 0. The second-order valence-corrected chi connectivity index (χ2v) is 4.25. The van der Waals surface area contributed by atoms with Gasteiger partial charge in [-0.05, 0) is 37.3 Å². The highest BCUT2D eigenvalue weighted by Gasteiger charge is 2.11. The van der Waals surface area contributed by atoms with Crippen LogP contribution < -0.4 is 0 Å². The number of nitrogens with zero attached hydrogens (tertiary/aromatic N) is 1. The Morgan fingerprint density at radius 1 is 1.15 bits per heavy atom. The number of ketones is 1. The zero-order chi connectivity index (χ0) is 14.5. The third kappa shape index (κ3) is 3.26. The van der Waals surface area contributed by atoms with Gasteiger partial charge < -0.3 is 14.4 Å². The highest BCUT2D eigenvalue weighted by Crippen LogP contribution is 2.14. The maximum Gasteiger partial charge on any atom is 0.325 e. The number of aromatic nitrogens is 1. The van der Waals surface area contributed by atoms with Gasteiger partial charge in [0.2, 0.25) is 0 Å². The minimum atomic E-state index is -0.341. The molecule has 0 atom stereocenters. The molecule has 104 valence electrons. The zero-order valence-electron chi connectivity index (χ0n) is 11.1. The largest absolute Gasteiger partial charge is 0.508 e. The van der Waals surface area contributed by atoms with Crippen molar-refractivity contribution in [2.45, 2.75) is 13.5 Å². The van der Waals surface area contributed by atoms with Gasteiger partial charge in [-0.3, -0.25) is 9.59 Å². The van der Waals surface area contributed by atoms with E-state index in [0.717, 1.165) is 0 Å². The van der Waals surface area contributed by atoms with Crippen LogP contribution in [-0.4, -0.2) is 28.0 Å². The number of carbonyl (C=O) groups excluding carboxylic acids is 2. The fourth-order valence-corrected chi connectivity index (χ4v) is 1.81. The van der Waals surface area contributed by atoms with Crippen LogP contribution in [0.3, 0.4) is 0 Å². The summed E-state index contributed by atoms with van der Waals surface area (Å²) in [5.74, 6) is -0.388. The van der Waals surface area contributed by atoms with E-state index in [0.29, 0.717) is 17.7 Å². The summed E-state index contributed by atoms with van der Waals surface area (Å²) in [6.07, 6.45) is 3.26. The van der Waals surface area contributed by atoms with Gasteiger partial charge in [0.1, 0.15) is 12.3 Å². The van der Waals surface area contributed by atoms with Crippen LogP contribution in [0, 0.1) is 0 Å². The number of esters is 1. The van der Waals surface area contributed by atoms with Crippen LogP contribution >= 0.6 is 0 Å². The Hall–Kier alpha value is -2.56. The smallest absolute Gasteiger partial charge is 0.325 e. The molecule has 5 heteroatoms. The van der Waals surface area contributed by atoms with Gasteiger partial charge in [-0.25, -0.2) is 0 Å². The summed E-state index contributed by atoms with van der Waals surface area (Å²) < 4.78 is 6.44. The van der Waals surface area contributed by atoms with Gasteiger partial charge in [-0.2, -0.15) is 0 Å². The van der Waals surface area contributed by atoms with Crippen molar-refractivity contribution in [2.75, 3.05) is 6.61 Å². The van der Waals surface area contributed by atoms with Gasteiger partial charge in [0.15, 0.2) is 5.78 Å². The third-order valence-electron chi connectivity index (χ3n) is 2.76. The number of hydrogen-bond acceptors (Lipinski definition) is 4. The van der Waals surface area contributed by atoms with Gasteiger partial charge in [-0.1, -0.05) is 0 Å². The molecule has 20 heavy (non-hydrogen) atoms. The van der Waals surface area contributed by atoms with Crippen LogP contribution in [-0.2, 0) is 16.1 Å². The summed E-state index contributed by atoms with van der Waals surface area (Å²) in [5, 5.41) is 9.20. The Bertz CT molecular complexity index is 613. The molecular weight excluding hydrogens is 258 g/mol. The van der Waals surface area contributed by atoms with Crippen LogP contribution in [0.4, 0.5) is 0 Å². The SMILES string of the molecule is CCOC(=O)Cn1ccc(C(=O)c2ccc(O)cc2)c1. The number of ether oxygens (including phenoxy) is 1. The quantitative estimate of drug-likeness (QED) is 0.668. The fourth-order valence-electron chi connectivity index (χ4n) is 1.81. The number of phenolic OH excluding ortho intramolecular Hbond substituents is 1. The lowest BCUT2D eigenvalue weighted by Crippen LogP contribution is -2.12. The Morgan fingerprint density at radius 2 is 1.85 bits per heavy atom. The van der Waals surface area contributed by atoms with Crippen molar-refractivity contribution >= 4 is 11.8 Å². The molecule has 0 fully saturated rings. The van der Waals surface area contributed by atoms with Crippen molar-refractivity contribution in [1.29, 1.82) is 0 Å². The van der Waals surface area contributed by atoms with E-state index in [1.54, 1.807) is 42.1 Å². The van der Waals surface area contributed by atoms with Gasteiger partial charge in [-0.15, -0.1) is 0 Å². The zero-order valence-corrected chi connectivity index (χ0v) is 11.1. The molecule has 0 spiro atoms. The molecule has 2 rings (SSSR count). The van der Waals surface area contributed by atoms with E-state index in [9.17, 15) is 14.7 Å². The number of benzene rings is 1. The summed E-state index contributed by atoms with van der Waals surface area (Å²) in [6, 6.07) is 7.68. The van der Waals surface area contributed by atoms with Crippen LogP contribution in [0.2, 0.25) is 0 Å². The van der Waals surface area contributed by atoms with E-state index >= 15 is 0 Å². The van der Waals surface area contributed by atoms with Crippen molar-refractivity contribution in [3.8, 4) is 5.75 Å². The lowest BCUT2D eigenvalue weighted by molar-refractivity contribution is -0.143. The first kappa shape index (κ1) is 13.9. The molecular formula is C15H15NO4. The molecule has 1 heterocycles. The Labute approximate surface area is 116 Å². The maximum absolute atomic E-state index is 12.2. The second-order valence-electron chi connectivity index (χ2n) is 4.25. The number of rotatable bonds is 5. The van der Waals surface area contributed by atoms with Crippen molar-refractivity contribution in [2.24, 2.45) is 0 Å². The van der Waals surface area contributed by atoms with E-state index in [4.69, 9.17) is 4.74 Å². The normalized spacial score (nSPS) is 10.2. The summed E-state index contributed by atoms with van der Waals surface area (Å²) in [4.78, 5) is 23.5. The Morgan fingerprint density at radius 3 is 2.50 bits per heavy atom. The predicted molar refractivity (Wildman–Crippen MR) is 72.6 cm³/mol. The van der Waals surface area contributed by atoms with Gasteiger partial charge in [0, 0.05) is 23.5 Å². The number of aromatic hydroxyl groups is 1. The first-order valence-electron chi connectivity index (χ1n) is 6.25. The second kappa shape index (κ2) is 6.06. The molecule has 0 aliphatic rings.